The zero-order chi connectivity index (χ0) is 19.1. The van der Waals surface area contributed by atoms with Crippen molar-refractivity contribution < 1.29 is 9.90 Å². The van der Waals surface area contributed by atoms with Crippen LogP contribution in [0.1, 0.15) is 34.7 Å². The molecule has 4 atom stereocenters. The number of hydrogen-bond donors (Lipinski definition) is 2. The van der Waals surface area contributed by atoms with Crippen LogP contribution in [0.4, 0.5) is 0 Å². The summed E-state index contributed by atoms with van der Waals surface area (Å²) in [5.74, 6) is -0.822. The van der Waals surface area contributed by atoms with Gasteiger partial charge in [0.05, 0.1) is 16.6 Å². The number of carboxylic acid groups (broad SMARTS) is 1. The molecule has 140 valence electrons. The Labute approximate surface area is 167 Å². The number of nitrogens with zero attached hydrogens (tertiary/aromatic N) is 2. The lowest BCUT2D eigenvalue weighted by Crippen LogP contribution is -2.59. The highest BCUT2D eigenvalue weighted by Crippen LogP contribution is 2.39. The van der Waals surface area contributed by atoms with Gasteiger partial charge in [0.15, 0.2) is 0 Å². The molecule has 27 heavy (non-hydrogen) atoms. The summed E-state index contributed by atoms with van der Waals surface area (Å²) in [4.78, 5) is 11.7. The topological polar surface area (TPSA) is 64.9 Å². The summed E-state index contributed by atoms with van der Waals surface area (Å²) >= 11 is 3.76. The molecule has 0 bridgehead atoms. The molecule has 0 radical (unpaired) electrons. The van der Waals surface area contributed by atoms with Crippen molar-refractivity contribution in [2.45, 2.75) is 43.3 Å². The molecule has 4 unspecified atom stereocenters. The summed E-state index contributed by atoms with van der Waals surface area (Å²) in [5.41, 5.74) is 5.47. The van der Waals surface area contributed by atoms with Crippen LogP contribution in [-0.2, 0) is 4.79 Å². The Morgan fingerprint density at radius 1 is 1.22 bits per heavy atom. The number of nitrogens with one attached hydrogen (secondary N) is 1. The third kappa shape index (κ3) is 3.28. The summed E-state index contributed by atoms with van der Waals surface area (Å²) in [6, 6.07) is 15.7. The Kier molecular flexibility index (Phi) is 4.78. The maximum atomic E-state index is 11.8. The molecular formula is C21H22BrN3O2. The number of aliphatic carboxylic acids is 1. The van der Waals surface area contributed by atoms with Crippen LogP contribution in [0.5, 0.6) is 0 Å². The van der Waals surface area contributed by atoms with Crippen LogP contribution in [0.2, 0.25) is 0 Å². The molecule has 2 aromatic rings. The molecule has 0 amide bonds. The quantitative estimate of drug-likeness (QED) is 0.734. The standard InChI is InChI=1S/C21H22BrN3O2/c1-12-8-9-15(13(2)10-12)17-11-16(21(26)27)23-20-18(22)19(24-25(17)20)14-6-4-3-5-7-14/h3-10,16-18,20,23H,11H2,1-2H3,(H,26,27). The van der Waals surface area contributed by atoms with E-state index in [4.69, 9.17) is 5.10 Å². The maximum absolute atomic E-state index is 11.8. The third-order valence-electron chi connectivity index (χ3n) is 5.35. The van der Waals surface area contributed by atoms with Crippen LogP contribution in [0.15, 0.2) is 53.6 Å². The summed E-state index contributed by atoms with van der Waals surface area (Å²) < 4.78 is 0. The highest BCUT2D eigenvalue weighted by Gasteiger charge is 2.46. The van der Waals surface area contributed by atoms with Gasteiger partial charge < -0.3 is 5.11 Å². The Morgan fingerprint density at radius 2 is 1.96 bits per heavy atom. The predicted octanol–water partition coefficient (Wildman–Crippen LogP) is 3.60. The minimum absolute atomic E-state index is 0.0841. The number of carboxylic acids is 1. The van der Waals surface area contributed by atoms with Gasteiger partial charge >= 0.3 is 5.97 Å². The Bertz CT molecular complexity index is 900. The number of fused-ring (bicyclic) bond motifs is 1. The van der Waals surface area contributed by atoms with E-state index in [1.165, 1.54) is 11.1 Å². The van der Waals surface area contributed by atoms with E-state index in [1.807, 2.05) is 35.3 Å². The molecule has 2 aromatic carbocycles. The fraction of sp³-hybridized carbons (Fsp3) is 0.333. The smallest absolute Gasteiger partial charge is 0.320 e. The molecule has 2 heterocycles. The average Bonchev–Trinajstić information content (AvgIpc) is 2.99. The van der Waals surface area contributed by atoms with E-state index in [1.54, 1.807) is 0 Å². The lowest BCUT2D eigenvalue weighted by Gasteiger charge is -2.41. The first-order chi connectivity index (χ1) is 13.0. The Balaban J connectivity index is 1.77. The van der Waals surface area contributed by atoms with E-state index in [-0.39, 0.29) is 17.0 Å². The molecule has 2 aliphatic rings. The van der Waals surface area contributed by atoms with Gasteiger partial charge in [-0.15, -0.1) is 0 Å². The number of carbonyl (C=O) groups is 1. The van der Waals surface area contributed by atoms with Crippen molar-refractivity contribution in [3.63, 3.8) is 0 Å². The highest BCUT2D eigenvalue weighted by molar-refractivity contribution is 9.10. The second-order valence-corrected chi connectivity index (χ2v) is 8.23. The van der Waals surface area contributed by atoms with E-state index in [2.05, 4.69) is 53.3 Å². The summed E-state index contributed by atoms with van der Waals surface area (Å²) in [6.07, 6.45) is 0.266. The van der Waals surface area contributed by atoms with E-state index in [0.29, 0.717) is 6.42 Å². The van der Waals surface area contributed by atoms with Gasteiger partial charge in [0, 0.05) is 0 Å². The first kappa shape index (κ1) is 18.2. The number of aryl methyl sites for hydroxylation is 2. The number of alkyl halides is 1. The summed E-state index contributed by atoms with van der Waals surface area (Å²) in [5, 5.41) is 19.9. The van der Waals surface area contributed by atoms with Crippen molar-refractivity contribution in [2.24, 2.45) is 5.10 Å². The SMILES string of the molecule is Cc1ccc(C2CC(C(=O)O)NC3C(Br)C(c4ccccc4)=NN23)c(C)c1. The van der Waals surface area contributed by atoms with Crippen molar-refractivity contribution >= 4 is 27.6 Å². The van der Waals surface area contributed by atoms with E-state index < -0.39 is 12.0 Å². The second kappa shape index (κ2) is 7.09. The van der Waals surface area contributed by atoms with Crippen molar-refractivity contribution in [1.29, 1.82) is 0 Å². The Morgan fingerprint density at radius 3 is 2.63 bits per heavy atom. The van der Waals surface area contributed by atoms with E-state index in [9.17, 15) is 9.90 Å². The van der Waals surface area contributed by atoms with Crippen LogP contribution in [0.25, 0.3) is 0 Å². The van der Waals surface area contributed by atoms with Gasteiger partial charge in [-0.1, -0.05) is 70.0 Å². The second-order valence-electron chi connectivity index (χ2n) is 7.25. The van der Waals surface area contributed by atoms with Crippen molar-refractivity contribution in [2.75, 3.05) is 0 Å². The number of hydrogen-bond acceptors (Lipinski definition) is 4. The van der Waals surface area contributed by atoms with Crippen LogP contribution in [-0.4, -0.2) is 38.8 Å². The monoisotopic (exact) mass is 427 g/mol. The zero-order valence-electron chi connectivity index (χ0n) is 15.3. The minimum atomic E-state index is -0.822. The molecule has 4 rings (SSSR count). The number of halogens is 1. The van der Waals surface area contributed by atoms with Crippen LogP contribution in [0, 0.1) is 13.8 Å². The molecule has 0 aliphatic carbocycles. The molecule has 0 spiro atoms. The summed E-state index contributed by atoms with van der Waals surface area (Å²) in [6.45, 7) is 4.15. The normalized spacial score (nSPS) is 27.2. The number of benzene rings is 2. The van der Waals surface area contributed by atoms with Gasteiger partial charge in [0.1, 0.15) is 12.2 Å². The van der Waals surface area contributed by atoms with E-state index in [0.717, 1.165) is 16.8 Å². The van der Waals surface area contributed by atoms with Crippen molar-refractivity contribution in [1.82, 2.24) is 10.3 Å². The summed E-state index contributed by atoms with van der Waals surface area (Å²) in [7, 11) is 0. The zero-order valence-corrected chi connectivity index (χ0v) is 16.8. The Hall–Kier alpha value is -2.18. The lowest BCUT2D eigenvalue weighted by molar-refractivity contribution is -0.142. The lowest BCUT2D eigenvalue weighted by atomic mass is 9.91. The van der Waals surface area contributed by atoms with Crippen LogP contribution in [0.3, 0.4) is 0 Å². The average molecular weight is 428 g/mol. The van der Waals surface area contributed by atoms with Crippen molar-refractivity contribution in [3.8, 4) is 0 Å². The van der Waals surface area contributed by atoms with Gasteiger partial charge in [0.25, 0.3) is 0 Å². The maximum Gasteiger partial charge on any atom is 0.320 e. The van der Waals surface area contributed by atoms with Gasteiger partial charge in [-0.25, -0.2) is 0 Å². The van der Waals surface area contributed by atoms with E-state index >= 15 is 0 Å². The van der Waals surface area contributed by atoms with Crippen molar-refractivity contribution in [3.05, 3.63) is 70.8 Å². The van der Waals surface area contributed by atoms with Gasteiger partial charge in [0.2, 0.25) is 0 Å². The van der Waals surface area contributed by atoms with Crippen LogP contribution >= 0.6 is 15.9 Å². The first-order valence-corrected chi connectivity index (χ1v) is 9.99. The van der Waals surface area contributed by atoms with Gasteiger partial charge in [-0.3, -0.25) is 15.1 Å². The highest BCUT2D eigenvalue weighted by atomic mass is 79.9. The predicted molar refractivity (Wildman–Crippen MR) is 109 cm³/mol. The molecule has 2 N–H and O–H groups in total. The minimum Gasteiger partial charge on any atom is -0.480 e. The molecule has 6 heteroatoms. The number of hydrazone groups is 1. The van der Waals surface area contributed by atoms with Crippen LogP contribution < -0.4 is 5.32 Å². The fourth-order valence-electron chi connectivity index (χ4n) is 4.02. The van der Waals surface area contributed by atoms with Gasteiger partial charge in [-0.05, 0) is 37.0 Å². The largest absolute Gasteiger partial charge is 0.480 e. The molecule has 1 saturated heterocycles. The number of rotatable bonds is 3. The molecule has 0 saturated carbocycles. The molecular weight excluding hydrogens is 406 g/mol. The third-order valence-corrected chi connectivity index (χ3v) is 6.28. The molecule has 2 aliphatic heterocycles. The first-order valence-electron chi connectivity index (χ1n) is 9.08. The molecule has 5 nitrogen and oxygen atoms in total. The molecule has 0 aromatic heterocycles. The fourth-order valence-corrected chi connectivity index (χ4v) is 4.77. The molecule has 1 fully saturated rings. The van der Waals surface area contributed by atoms with Gasteiger partial charge in [-0.2, -0.15) is 5.10 Å².